The van der Waals surface area contributed by atoms with Gasteiger partial charge in [0.2, 0.25) is 0 Å². The van der Waals surface area contributed by atoms with Crippen LogP contribution in [0.4, 0.5) is 17.1 Å². The molecule has 170 valence electrons. The van der Waals surface area contributed by atoms with E-state index in [1.807, 2.05) is 19.9 Å². The number of nitrogens with zero attached hydrogens (tertiary/aromatic N) is 1. The molecule has 0 saturated carbocycles. The van der Waals surface area contributed by atoms with E-state index >= 15 is 0 Å². The molecule has 0 spiro atoms. The normalized spacial score (nSPS) is 10.8. The molecule has 0 aliphatic rings. The molecule has 0 radical (unpaired) electrons. The van der Waals surface area contributed by atoms with Crippen molar-refractivity contribution in [1.82, 2.24) is 5.32 Å². The van der Waals surface area contributed by atoms with E-state index in [1.165, 1.54) is 48.5 Å². The Morgan fingerprint density at radius 2 is 1.55 bits per heavy atom. The maximum absolute atomic E-state index is 12.7. The molecule has 0 atom stereocenters. The van der Waals surface area contributed by atoms with Gasteiger partial charge in [-0.2, -0.15) is 0 Å². The number of benzene rings is 3. The molecule has 33 heavy (non-hydrogen) atoms. The van der Waals surface area contributed by atoms with E-state index in [2.05, 4.69) is 15.4 Å². The highest BCUT2D eigenvalue weighted by atomic mass is 32.2. The summed E-state index contributed by atoms with van der Waals surface area (Å²) in [4.78, 5) is 22.8. The molecular formula is C22H20N4O5S2. The summed E-state index contributed by atoms with van der Waals surface area (Å²) in [5.74, 6) is -0.739. The van der Waals surface area contributed by atoms with Gasteiger partial charge in [0.05, 0.1) is 9.82 Å². The van der Waals surface area contributed by atoms with Gasteiger partial charge in [-0.25, -0.2) is 8.42 Å². The fourth-order valence-corrected chi connectivity index (χ4v) is 4.37. The number of nitrogens with one attached hydrogen (secondary N) is 3. The van der Waals surface area contributed by atoms with Gasteiger partial charge in [0.25, 0.3) is 21.6 Å². The Morgan fingerprint density at radius 3 is 2.15 bits per heavy atom. The number of sulfonamides is 1. The lowest BCUT2D eigenvalue weighted by molar-refractivity contribution is -0.385. The van der Waals surface area contributed by atoms with E-state index in [-0.39, 0.29) is 21.3 Å². The number of hydrogen-bond acceptors (Lipinski definition) is 6. The highest BCUT2D eigenvalue weighted by molar-refractivity contribution is 7.92. The van der Waals surface area contributed by atoms with Crippen molar-refractivity contribution in [3.63, 3.8) is 0 Å². The van der Waals surface area contributed by atoms with Crippen LogP contribution in [0, 0.1) is 24.0 Å². The number of aryl methyl sites for hydroxylation is 2. The topological polar surface area (TPSA) is 130 Å². The van der Waals surface area contributed by atoms with Crippen LogP contribution in [0.2, 0.25) is 0 Å². The van der Waals surface area contributed by atoms with Gasteiger partial charge in [-0.15, -0.1) is 0 Å². The van der Waals surface area contributed by atoms with Crippen molar-refractivity contribution in [2.45, 2.75) is 18.7 Å². The fraction of sp³-hybridized carbons (Fsp3) is 0.0909. The smallest absolute Gasteiger partial charge is 0.282 e. The average molecular weight is 485 g/mol. The first-order valence-corrected chi connectivity index (χ1v) is 11.5. The van der Waals surface area contributed by atoms with Gasteiger partial charge in [-0.05, 0) is 79.7 Å². The predicted molar refractivity (Wildman–Crippen MR) is 130 cm³/mol. The Morgan fingerprint density at radius 1 is 0.939 bits per heavy atom. The molecule has 3 N–H and O–H groups in total. The van der Waals surface area contributed by atoms with Crippen LogP contribution in [0.25, 0.3) is 0 Å². The van der Waals surface area contributed by atoms with Gasteiger partial charge in [0, 0.05) is 17.4 Å². The first-order valence-electron chi connectivity index (χ1n) is 9.62. The number of rotatable bonds is 6. The van der Waals surface area contributed by atoms with Gasteiger partial charge in [-0.3, -0.25) is 24.9 Å². The number of anilines is 2. The third kappa shape index (κ3) is 6.11. The highest BCUT2D eigenvalue weighted by Gasteiger charge is 2.20. The molecule has 3 aromatic rings. The molecule has 0 unspecified atom stereocenters. The summed E-state index contributed by atoms with van der Waals surface area (Å²) < 4.78 is 27.9. The van der Waals surface area contributed by atoms with Crippen LogP contribution in [0.1, 0.15) is 21.5 Å². The van der Waals surface area contributed by atoms with Crippen LogP contribution in [-0.4, -0.2) is 24.4 Å². The molecule has 1 amide bonds. The van der Waals surface area contributed by atoms with Crippen molar-refractivity contribution in [2.24, 2.45) is 0 Å². The number of nitro groups is 1. The molecule has 0 bridgehead atoms. The minimum Gasteiger partial charge on any atom is -0.332 e. The van der Waals surface area contributed by atoms with Crippen LogP contribution >= 0.6 is 12.2 Å². The van der Waals surface area contributed by atoms with Crippen molar-refractivity contribution >= 4 is 50.3 Å². The molecule has 9 nitrogen and oxygen atoms in total. The lowest BCUT2D eigenvalue weighted by Crippen LogP contribution is -2.34. The summed E-state index contributed by atoms with van der Waals surface area (Å²) >= 11 is 5.10. The van der Waals surface area contributed by atoms with Gasteiger partial charge in [-0.1, -0.05) is 18.2 Å². The molecule has 0 fully saturated rings. The Bertz CT molecular complexity index is 1320. The zero-order valence-electron chi connectivity index (χ0n) is 17.7. The monoisotopic (exact) mass is 484 g/mol. The van der Waals surface area contributed by atoms with Crippen molar-refractivity contribution in [3.8, 4) is 0 Å². The number of carbonyl (C=O) groups excluding carboxylic acids is 1. The number of hydrogen-bond donors (Lipinski definition) is 3. The van der Waals surface area contributed by atoms with Crippen molar-refractivity contribution < 1.29 is 18.1 Å². The molecule has 0 heterocycles. The van der Waals surface area contributed by atoms with E-state index in [0.29, 0.717) is 11.4 Å². The molecule has 0 aromatic heterocycles. The lowest BCUT2D eigenvalue weighted by atomic mass is 10.1. The standard InChI is InChI=1S/C22H20N4O5S2/c1-14-11-15(2)13-17(12-14)25-33(30,31)18-9-7-16(8-10-18)23-22(32)24-21(27)19-5-3-4-6-20(19)26(28)29/h3-13,25H,1-2H3,(H2,23,24,27,32). The third-order valence-electron chi connectivity index (χ3n) is 4.47. The maximum atomic E-state index is 12.7. The fourth-order valence-electron chi connectivity index (χ4n) is 3.12. The van der Waals surface area contributed by atoms with Gasteiger partial charge < -0.3 is 5.32 Å². The summed E-state index contributed by atoms with van der Waals surface area (Å²) in [6, 6.07) is 16.7. The van der Waals surface area contributed by atoms with Crippen LogP contribution < -0.4 is 15.4 Å². The Hall–Kier alpha value is -3.83. The molecule has 0 saturated heterocycles. The number of para-hydroxylation sites is 1. The Balaban J connectivity index is 1.67. The van der Waals surface area contributed by atoms with Crippen molar-refractivity contribution in [3.05, 3.63) is 93.5 Å². The largest absolute Gasteiger partial charge is 0.332 e. The second kappa shape index (κ2) is 9.76. The summed E-state index contributed by atoms with van der Waals surface area (Å²) in [5.41, 5.74) is 2.28. The molecule has 0 aliphatic carbocycles. The first-order chi connectivity index (χ1) is 15.5. The average Bonchev–Trinajstić information content (AvgIpc) is 2.73. The SMILES string of the molecule is Cc1cc(C)cc(NS(=O)(=O)c2ccc(NC(=S)NC(=O)c3ccccc3[N+](=O)[O-])cc2)c1. The van der Waals surface area contributed by atoms with Crippen LogP contribution in [0.3, 0.4) is 0 Å². The van der Waals surface area contributed by atoms with Crippen LogP contribution in [-0.2, 0) is 10.0 Å². The first kappa shape index (κ1) is 23.8. The van der Waals surface area contributed by atoms with Crippen LogP contribution in [0.15, 0.2) is 71.6 Å². The van der Waals surface area contributed by atoms with Gasteiger partial charge >= 0.3 is 0 Å². The molecule has 0 aliphatic heterocycles. The predicted octanol–water partition coefficient (Wildman–Crippen LogP) is 4.14. The van der Waals surface area contributed by atoms with E-state index in [4.69, 9.17) is 12.2 Å². The second-order valence-corrected chi connectivity index (χ2v) is 9.28. The van der Waals surface area contributed by atoms with Crippen LogP contribution in [0.5, 0.6) is 0 Å². The molecular weight excluding hydrogens is 464 g/mol. The number of thiocarbonyl (C=S) groups is 1. The second-order valence-electron chi connectivity index (χ2n) is 7.19. The maximum Gasteiger partial charge on any atom is 0.282 e. The minimum atomic E-state index is -3.80. The zero-order valence-corrected chi connectivity index (χ0v) is 19.3. The molecule has 11 heteroatoms. The van der Waals surface area contributed by atoms with E-state index < -0.39 is 20.9 Å². The van der Waals surface area contributed by atoms with Crippen molar-refractivity contribution in [1.29, 1.82) is 0 Å². The highest BCUT2D eigenvalue weighted by Crippen LogP contribution is 2.21. The van der Waals surface area contributed by atoms with Gasteiger partial charge in [0.1, 0.15) is 5.56 Å². The molecule has 3 rings (SSSR count). The lowest BCUT2D eigenvalue weighted by Gasteiger charge is -2.12. The Kier molecular flexibility index (Phi) is 7.04. The van der Waals surface area contributed by atoms with E-state index in [9.17, 15) is 23.3 Å². The number of carbonyl (C=O) groups is 1. The number of nitro benzene ring substituents is 1. The summed E-state index contributed by atoms with van der Waals surface area (Å²) in [5, 5.41) is 16.1. The Labute approximate surface area is 196 Å². The molecule has 3 aromatic carbocycles. The summed E-state index contributed by atoms with van der Waals surface area (Å²) in [7, 11) is -3.80. The minimum absolute atomic E-state index is 0.0436. The van der Waals surface area contributed by atoms with Crippen molar-refractivity contribution in [2.75, 3.05) is 10.0 Å². The van der Waals surface area contributed by atoms with E-state index in [0.717, 1.165) is 11.1 Å². The quantitative estimate of drug-likeness (QED) is 0.272. The number of amides is 1. The summed E-state index contributed by atoms with van der Waals surface area (Å²) in [6.07, 6.45) is 0. The van der Waals surface area contributed by atoms with E-state index in [1.54, 1.807) is 12.1 Å². The van der Waals surface area contributed by atoms with Gasteiger partial charge in [0.15, 0.2) is 5.11 Å². The third-order valence-corrected chi connectivity index (χ3v) is 6.07. The summed E-state index contributed by atoms with van der Waals surface area (Å²) in [6.45, 7) is 3.76. The zero-order chi connectivity index (χ0) is 24.2.